The average molecular weight is 323 g/mol. The maximum atomic E-state index is 10.6. The molecular formula is C9H10INO4. The Morgan fingerprint density at radius 3 is 2.73 bits per heavy atom. The van der Waals surface area contributed by atoms with Gasteiger partial charge < -0.3 is 9.47 Å². The van der Waals surface area contributed by atoms with Crippen molar-refractivity contribution in [1.82, 2.24) is 0 Å². The van der Waals surface area contributed by atoms with Crippen molar-refractivity contribution in [2.75, 3.05) is 20.3 Å². The molecule has 1 rings (SSSR count). The highest BCUT2D eigenvalue weighted by molar-refractivity contribution is 14.1. The van der Waals surface area contributed by atoms with Crippen LogP contribution in [0.1, 0.15) is 0 Å². The topological polar surface area (TPSA) is 61.6 Å². The molecule has 0 atom stereocenters. The first-order chi connectivity index (χ1) is 7.13. The van der Waals surface area contributed by atoms with Gasteiger partial charge in [0, 0.05) is 16.7 Å². The highest BCUT2D eigenvalue weighted by Crippen LogP contribution is 2.23. The van der Waals surface area contributed by atoms with Crippen LogP contribution in [0.3, 0.4) is 0 Å². The van der Waals surface area contributed by atoms with Gasteiger partial charge in [0.05, 0.1) is 17.6 Å². The molecule has 6 heteroatoms. The van der Waals surface area contributed by atoms with Crippen molar-refractivity contribution in [2.45, 2.75) is 0 Å². The summed E-state index contributed by atoms with van der Waals surface area (Å²) in [5.41, 5.74) is 0.0364. The van der Waals surface area contributed by atoms with Crippen LogP contribution in [0.2, 0.25) is 0 Å². The quantitative estimate of drug-likeness (QED) is 0.361. The second-order valence-corrected chi connectivity index (χ2v) is 3.99. The maximum Gasteiger partial charge on any atom is 0.274 e. The number of nitro groups is 1. The van der Waals surface area contributed by atoms with Gasteiger partial charge in [-0.1, -0.05) is 0 Å². The van der Waals surface area contributed by atoms with Crippen LogP contribution in [-0.4, -0.2) is 25.2 Å². The van der Waals surface area contributed by atoms with E-state index in [1.54, 1.807) is 13.2 Å². The van der Waals surface area contributed by atoms with Crippen molar-refractivity contribution in [3.05, 3.63) is 31.9 Å². The predicted molar refractivity (Wildman–Crippen MR) is 63.2 cm³/mol. The number of nitro benzene ring substituents is 1. The van der Waals surface area contributed by atoms with E-state index in [1.807, 2.05) is 22.6 Å². The Kier molecular flexibility index (Phi) is 4.76. The predicted octanol–water partition coefficient (Wildman–Crippen LogP) is 2.22. The van der Waals surface area contributed by atoms with Crippen molar-refractivity contribution >= 4 is 28.3 Å². The van der Waals surface area contributed by atoms with Gasteiger partial charge in [-0.2, -0.15) is 0 Å². The Hall–Kier alpha value is -0.890. The van der Waals surface area contributed by atoms with E-state index in [9.17, 15) is 10.1 Å². The minimum Gasteiger partial charge on any atom is -0.491 e. The van der Waals surface area contributed by atoms with E-state index in [-0.39, 0.29) is 5.69 Å². The first-order valence-electron chi connectivity index (χ1n) is 4.20. The molecule has 1 aromatic carbocycles. The summed E-state index contributed by atoms with van der Waals surface area (Å²) in [6.07, 6.45) is 0. The maximum absolute atomic E-state index is 10.6. The molecule has 5 nitrogen and oxygen atoms in total. The number of halogens is 1. The fourth-order valence-corrected chi connectivity index (χ4v) is 1.61. The summed E-state index contributed by atoms with van der Waals surface area (Å²) in [6.45, 7) is 0.840. The smallest absolute Gasteiger partial charge is 0.274 e. The lowest BCUT2D eigenvalue weighted by atomic mass is 10.3. The highest BCUT2D eigenvalue weighted by atomic mass is 127. The zero-order valence-electron chi connectivity index (χ0n) is 8.10. The molecule has 0 aliphatic carbocycles. The van der Waals surface area contributed by atoms with Crippen LogP contribution in [-0.2, 0) is 4.74 Å². The molecule has 0 saturated carbocycles. The lowest BCUT2D eigenvalue weighted by molar-refractivity contribution is -0.385. The third kappa shape index (κ3) is 4.00. The molecule has 82 valence electrons. The van der Waals surface area contributed by atoms with Crippen LogP contribution in [0.5, 0.6) is 5.75 Å². The Morgan fingerprint density at radius 2 is 2.13 bits per heavy atom. The van der Waals surface area contributed by atoms with Gasteiger partial charge in [-0.05, 0) is 28.7 Å². The van der Waals surface area contributed by atoms with Gasteiger partial charge in [0.15, 0.2) is 0 Å². The molecule has 0 spiro atoms. The zero-order chi connectivity index (χ0) is 11.3. The van der Waals surface area contributed by atoms with Gasteiger partial charge in [-0.25, -0.2) is 0 Å². The van der Waals surface area contributed by atoms with E-state index in [1.165, 1.54) is 12.1 Å². The van der Waals surface area contributed by atoms with E-state index < -0.39 is 4.92 Å². The second-order valence-electron chi connectivity index (χ2n) is 2.74. The summed E-state index contributed by atoms with van der Waals surface area (Å²) in [7, 11) is 1.57. The fraction of sp³-hybridized carbons (Fsp3) is 0.333. The van der Waals surface area contributed by atoms with E-state index in [0.717, 1.165) is 3.57 Å². The number of hydrogen-bond acceptors (Lipinski definition) is 4. The third-order valence-electron chi connectivity index (χ3n) is 1.62. The Morgan fingerprint density at radius 1 is 1.40 bits per heavy atom. The van der Waals surface area contributed by atoms with Crippen LogP contribution in [0, 0.1) is 13.7 Å². The number of hydrogen-bond donors (Lipinski definition) is 0. The summed E-state index contributed by atoms with van der Waals surface area (Å²) in [5, 5.41) is 10.6. The van der Waals surface area contributed by atoms with Gasteiger partial charge in [0.2, 0.25) is 0 Å². The lowest BCUT2D eigenvalue weighted by Crippen LogP contribution is -2.04. The number of benzene rings is 1. The van der Waals surface area contributed by atoms with Crippen molar-refractivity contribution < 1.29 is 14.4 Å². The van der Waals surface area contributed by atoms with Crippen molar-refractivity contribution in [1.29, 1.82) is 0 Å². The van der Waals surface area contributed by atoms with Crippen LogP contribution >= 0.6 is 22.6 Å². The van der Waals surface area contributed by atoms with E-state index in [0.29, 0.717) is 19.0 Å². The minimum atomic E-state index is -0.439. The molecule has 0 N–H and O–H groups in total. The summed E-state index contributed by atoms with van der Waals surface area (Å²) in [5.74, 6) is 0.491. The number of methoxy groups -OCH3 is 1. The summed E-state index contributed by atoms with van der Waals surface area (Å²) < 4.78 is 10.9. The third-order valence-corrected chi connectivity index (χ3v) is 2.25. The van der Waals surface area contributed by atoms with Crippen LogP contribution in [0.15, 0.2) is 18.2 Å². The van der Waals surface area contributed by atoms with Gasteiger partial charge in [-0.3, -0.25) is 10.1 Å². The zero-order valence-corrected chi connectivity index (χ0v) is 10.3. The molecule has 0 saturated heterocycles. The molecule has 0 aliphatic rings. The normalized spacial score (nSPS) is 10.0. The van der Waals surface area contributed by atoms with E-state index >= 15 is 0 Å². The Bertz CT molecular complexity index is 356. The largest absolute Gasteiger partial charge is 0.491 e. The van der Waals surface area contributed by atoms with Gasteiger partial charge in [-0.15, -0.1) is 0 Å². The molecule has 0 heterocycles. The minimum absolute atomic E-state index is 0.0364. The van der Waals surface area contributed by atoms with Crippen molar-refractivity contribution in [2.24, 2.45) is 0 Å². The molecule has 1 aromatic rings. The van der Waals surface area contributed by atoms with Crippen LogP contribution in [0.25, 0.3) is 0 Å². The molecule has 0 fully saturated rings. The Balaban J connectivity index is 2.75. The molecular weight excluding hydrogens is 313 g/mol. The molecule has 0 aromatic heterocycles. The van der Waals surface area contributed by atoms with Crippen LogP contribution < -0.4 is 4.74 Å². The number of rotatable bonds is 5. The van der Waals surface area contributed by atoms with E-state index in [4.69, 9.17) is 9.47 Å². The molecule has 0 aliphatic heterocycles. The highest BCUT2D eigenvalue weighted by Gasteiger charge is 2.09. The molecule has 0 radical (unpaired) electrons. The Labute approximate surface area is 101 Å². The number of nitrogens with zero attached hydrogens (tertiary/aromatic N) is 1. The number of ether oxygens (including phenoxy) is 2. The first kappa shape index (κ1) is 12.2. The van der Waals surface area contributed by atoms with Crippen molar-refractivity contribution in [3.63, 3.8) is 0 Å². The molecule has 0 bridgehead atoms. The monoisotopic (exact) mass is 323 g/mol. The van der Waals surface area contributed by atoms with Gasteiger partial charge in [0.25, 0.3) is 5.69 Å². The molecule has 15 heavy (non-hydrogen) atoms. The van der Waals surface area contributed by atoms with Crippen LogP contribution in [0.4, 0.5) is 5.69 Å². The SMILES string of the molecule is COCCOc1cc(I)cc([N+](=O)[O-])c1. The van der Waals surface area contributed by atoms with Crippen molar-refractivity contribution in [3.8, 4) is 5.75 Å². The van der Waals surface area contributed by atoms with E-state index in [2.05, 4.69) is 0 Å². The van der Waals surface area contributed by atoms with Gasteiger partial charge in [0.1, 0.15) is 12.4 Å². The number of non-ortho nitro benzene ring substituents is 1. The molecule has 0 amide bonds. The summed E-state index contributed by atoms with van der Waals surface area (Å²) >= 11 is 2.01. The first-order valence-corrected chi connectivity index (χ1v) is 5.28. The second kappa shape index (κ2) is 5.86. The summed E-state index contributed by atoms with van der Waals surface area (Å²) in [6, 6.07) is 4.63. The summed E-state index contributed by atoms with van der Waals surface area (Å²) in [4.78, 5) is 10.1. The van der Waals surface area contributed by atoms with Gasteiger partial charge >= 0.3 is 0 Å². The fourth-order valence-electron chi connectivity index (χ4n) is 0.980. The lowest BCUT2D eigenvalue weighted by Gasteiger charge is -2.05. The average Bonchev–Trinajstić information content (AvgIpc) is 2.17. The molecule has 0 unspecified atom stereocenters. The standard InChI is InChI=1S/C9H10INO4/c1-14-2-3-15-9-5-7(10)4-8(6-9)11(12)13/h4-6H,2-3H2,1H3.